The molecule has 2 amide bonds. The lowest BCUT2D eigenvalue weighted by atomic mass is 10.2. The van der Waals surface area contributed by atoms with Gasteiger partial charge in [-0.1, -0.05) is 12.1 Å². The van der Waals surface area contributed by atoms with E-state index in [1.54, 1.807) is 41.3 Å². The van der Waals surface area contributed by atoms with Gasteiger partial charge in [0.05, 0.1) is 18.4 Å². The maximum absolute atomic E-state index is 12.3. The van der Waals surface area contributed by atoms with Gasteiger partial charge in [-0.2, -0.15) is 0 Å². The highest BCUT2D eigenvalue weighted by molar-refractivity contribution is 5.99. The van der Waals surface area contributed by atoms with Crippen molar-refractivity contribution in [3.63, 3.8) is 0 Å². The molecular formula is C21H22N2O5. The third-order valence-electron chi connectivity index (χ3n) is 4.43. The fraction of sp³-hybridized carbons (Fsp3) is 0.286. The van der Waals surface area contributed by atoms with E-state index in [1.807, 2.05) is 13.0 Å². The van der Waals surface area contributed by atoms with Crippen LogP contribution in [0.4, 0.5) is 11.4 Å². The Labute approximate surface area is 163 Å². The summed E-state index contributed by atoms with van der Waals surface area (Å²) in [7, 11) is 1.51. The van der Waals surface area contributed by atoms with Gasteiger partial charge in [0.1, 0.15) is 5.75 Å². The zero-order valence-electron chi connectivity index (χ0n) is 15.9. The summed E-state index contributed by atoms with van der Waals surface area (Å²) in [6.45, 7) is 2.11. The number of anilines is 2. The molecular weight excluding hydrogens is 360 g/mol. The van der Waals surface area contributed by atoms with Crippen molar-refractivity contribution in [2.75, 3.05) is 30.5 Å². The van der Waals surface area contributed by atoms with Crippen LogP contribution in [0.2, 0.25) is 0 Å². The fourth-order valence-corrected chi connectivity index (χ4v) is 3.04. The summed E-state index contributed by atoms with van der Waals surface area (Å²) in [5, 5.41) is 2.68. The molecule has 0 aliphatic carbocycles. The number of aryl methyl sites for hydroxylation is 1. The molecule has 1 N–H and O–H groups in total. The zero-order valence-corrected chi connectivity index (χ0v) is 15.9. The molecule has 0 spiro atoms. The third-order valence-corrected chi connectivity index (χ3v) is 4.43. The number of esters is 1. The molecule has 0 aromatic heterocycles. The van der Waals surface area contributed by atoms with E-state index in [0.29, 0.717) is 30.1 Å². The molecule has 1 aliphatic heterocycles. The predicted octanol–water partition coefficient (Wildman–Crippen LogP) is 2.93. The molecule has 7 heteroatoms. The van der Waals surface area contributed by atoms with Gasteiger partial charge < -0.3 is 19.7 Å². The number of rotatable bonds is 6. The van der Waals surface area contributed by atoms with E-state index >= 15 is 0 Å². The van der Waals surface area contributed by atoms with Crippen LogP contribution in [0.3, 0.4) is 0 Å². The molecule has 146 valence electrons. The Hall–Kier alpha value is -3.35. The number of benzene rings is 2. The van der Waals surface area contributed by atoms with Gasteiger partial charge in [0.25, 0.3) is 5.91 Å². The second-order valence-electron chi connectivity index (χ2n) is 6.53. The molecule has 0 unspecified atom stereocenters. The number of hydrogen-bond acceptors (Lipinski definition) is 5. The lowest BCUT2D eigenvalue weighted by Crippen LogP contribution is -2.24. The first-order chi connectivity index (χ1) is 13.5. The van der Waals surface area contributed by atoms with Crippen molar-refractivity contribution in [3.05, 3.63) is 53.6 Å². The van der Waals surface area contributed by atoms with E-state index in [0.717, 1.165) is 12.0 Å². The Bertz CT molecular complexity index is 909. The molecule has 0 atom stereocenters. The van der Waals surface area contributed by atoms with Crippen LogP contribution in [-0.2, 0) is 14.3 Å². The molecule has 0 bridgehead atoms. The summed E-state index contributed by atoms with van der Waals surface area (Å²) in [5.74, 6) is -0.534. The average Bonchev–Trinajstić information content (AvgIpc) is 3.12. The lowest BCUT2D eigenvalue weighted by Gasteiger charge is -2.16. The van der Waals surface area contributed by atoms with Crippen molar-refractivity contribution in [1.29, 1.82) is 0 Å². The van der Waals surface area contributed by atoms with Crippen LogP contribution >= 0.6 is 0 Å². The van der Waals surface area contributed by atoms with E-state index in [4.69, 9.17) is 9.47 Å². The zero-order chi connectivity index (χ0) is 20.1. The smallest absolute Gasteiger partial charge is 0.338 e. The molecule has 0 radical (unpaired) electrons. The molecule has 1 fully saturated rings. The summed E-state index contributed by atoms with van der Waals surface area (Å²) >= 11 is 0. The number of ether oxygens (including phenoxy) is 2. The first kappa shape index (κ1) is 19.4. The van der Waals surface area contributed by atoms with E-state index in [1.165, 1.54) is 7.11 Å². The predicted molar refractivity (Wildman–Crippen MR) is 105 cm³/mol. The summed E-state index contributed by atoms with van der Waals surface area (Å²) in [5.41, 5.74) is 2.42. The molecule has 1 saturated heterocycles. The quantitative estimate of drug-likeness (QED) is 0.777. The molecule has 0 saturated carbocycles. The minimum absolute atomic E-state index is 0.0389. The summed E-state index contributed by atoms with van der Waals surface area (Å²) in [6, 6.07) is 12.1. The highest BCUT2D eigenvalue weighted by atomic mass is 16.5. The number of carbonyl (C=O) groups excluding carboxylic acids is 3. The van der Waals surface area contributed by atoms with Crippen molar-refractivity contribution in [2.45, 2.75) is 19.8 Å². The molecule has 1 aliphatic rings. The van der Waals surface area contributed by atoms with Crippen molar-refractivity contribution in [2.24, 2.45) is 0 Å². The van der Waals surface area contributed by atoms with E-state index < -0.39 is 18.5 Å². The standard InChI is InChI=1S/C21H22N2O5/c1-14-8-9-18(27-2)17(11-14)22-19(24)13-28-21(26)15-5-3-6-16(12-15)23-10-4-7-20(23)25/h3,5-6,8-9,11-12H,4,7,10,13H2,1-2H3,(H,22,24). The molecule has 7 nitrogen and oxygen atoms in total. The van der Waals surface area contributed by atoms with Crippen molar-refractivity contribution in [1.82, 2.24) is 0 Å². The van der Waals surface area contributed by atoms with Crippen LogP contribution in [0, 0.1) is 6.92 Å². The van der Waals surface area contributed by atoms with E-state index in [-0.39, 0.29) is 11.5 Å². The number of hydrogen-bond donors (Lipinski definition) is 1. The van der Waals surface area contributed by atoms with Gasteiger partial charge >= 0.3 is 5.97 Å². The summed E-state index contributed by atoms with van der Waals surface area (Å²) in [4.78, 5) is 38.0. The van der Waals surface area contributed by atoms with Gasteiger partial charge in [-0.15, -0.1) is 0 Å². The van der Waals surface area contributed by atoms with Gasteiger partial charge in [-0.05, 0) is 49.2 Å². The molecule has 28 heavy (non-hydrogen) atoms. The van der Waals surface area contributed by atoms with Gasteiger partial charge in [0.15, 0.2) is 6.61 Å². The highest BCUT2D eigenvalue weighted by Crippen LogP contribution is 2.25. The Morgan fingerprint density at radius 2 is 2.00 bits per heavy atom. The monoisotopic (exact) mass is 382 g/mol. The summed E-state index contributed by atoms with van der Waals surface area (Å²) < 4.78 is 10.3. The number of nitrogens with one attached hydrogen (secondary N) is 1. The summed E-state index contributed by atoms with van der Waals surface area (Å²) in [6.07, 6.45) is 1.31. The highest BCUT2D eigenvalue weighted by Gasteiger charge is 2.22. The second kappa shape index (κ2) is 8.56. The van der Waals surface area contributed by atoms with Crippen molar-refractivity contribution >= 4 is 29.2 Å². The largest absolute Gasteiger partial charge is 0.495 e. The van der Waals surface area contributed by atoms with Crippen LogP contribution in [0.5, 0.6) is 5.75 Å². The molecule has 2 aromatic rings. The maximum atomic E-state index is 12.3. The van der Waals surface area contributed by atoms with Crippen LogP contribution in [0.1, 0.15) is 28.8 Å². The van der Waals surface area contributed by atoms with E-state index in [2.05, 4.69) is 5.32 Å². The first-order valence-electron chi connectivity index (χ1n) is 9.00. The number of carbonyl (C=O) groups is 3. The number of amides is 2. The van der Waals surface area contributed by atoms with Gasteiger partial charge in [0.2, 0.25) is 5.91 Å². The Kier molecular flexibility index (Phi) is 5.93. The Morgan fingerprint density at radius 1 is 1.18 bits per heavy atom. The van der Waals surface area contributed by atoms with Crippen LogP contribution in [0.15, 0.2) is 42.5 Å². The van der Waals surface area contributed by atoms with Gasteiger partial charge in [-0.3, -0.25) is 9.59 Å². The Morgan fingerprint density at radius 3 is 2.71 bits per heavy atom. The topological polar surface area (TPSA) is 84.9 Å². The second-order valence-corrected chi connectivity index (χ2v) is 6.53. The van der Waals surface area contributed by atoms with E-state index in [9.17, 15) is 14.4 Å². The van der Waals surface area contributed by atoms with Crippen LogP contribution in [0.25, 0.3) is 0 Å². The molecule has 3 rings (SSSR count). The Balaban J connectivity index is 1.60. The minimum atomic E-state index is -0.625. The lowest BCUT2D eigenvalue weighted by molar-refractivity contribution is -0.119. The van der Waals surface area contributed by atoms with Crippen LogP contribution < -0.4 is 15.0 Å². The fourth-order valence-electron chi connectivity index (χ4n) is 3.04. The first-order valence-corrected chi connectivity index (χ1v) is 9.00. The minimum Gasteiger partial charge on any atom is -0.495 e. The SMILES string of the molecule is COc1ccc(C)cc1NC(=O)COC(=O)c1cccc(N2CCCC2=O)c1. The molecule has 2 aromatic carbocycles. The number of nitrogens with zero attached hydrogens (tertiary/aromatic N) is 1. The third kappa shape index (κ3) is 4.49. The molecule has 1 heterocycles. The number of methoxy groups -OCH3 is 1. The van der Waals surface area contributed by atoms with Crippen LogP contribution in [-0.4, -0.2) is 38.0 Å². The van der Waals surface area contributed by atoms with Crippen molar-refractivity contribution in [3.8, 4) is 5.75 Å². The normalized spacial score (nSPS) is 13.4. The van der Waals surface area contributed by atoms with Crippen molar-refractivity contribution < 1.29 is 23.9 Å². The maximum Gasteiger partial charge on any atom is 0.338 e. The van der Waals surface area contributed by atoms with Gasteiger partial charge in [0, 0.05) is 18.7 Å². The average molecular weight is 382 g/mol. The van der Waals surface area contributed by atoms with Gasteiger partial charge in [-0.25, -0.2) is 4.79 Å².